The smallest absolute Gasteiger partial charge is 0.252 e. The van der Waals surface area contributed by atoms with Gasteiger partial charge in [-0.3, -0.25) is 19.2 Å². The first-order valence-electron chi connectivity index (χ1n) is 18.3. The van der Waals surface area contributed by atoms with Gasteiger partial charge in [-0.05, 0) is 102 Å². The van der Waals surface area contributed by atoms with E-state index in [0.717, 1.165) is 22.6 Å². The number of nitrogens with one attached hydrogen (secondary N) is 2. The molecule has 4 heterocycles. The third-order valence-corrected chi connectivity index (χ3v) is 9.17. The number of carbonyl (C=O) groups excluding carboxylic acids is 4. The Bertz CT molecular complexity index is 2060. The number of aliphatic hydroxyl groups is 1. The minimum Gasteiger partial charge on any atom is -0.490 e. The number of piperidine rings is 1. The predicted molar refractivity (Wildman–Crippen MR) is 205 cm³/mol. The van der Waals surface area contributed by atoms with Crippen LogP contribution in [0.5, 0.6) is 23.3 Å². The Morgan fingerprint density at radius 1 is 0.855 bits per heavy atom. The number of pyridine rings is 2. The zero-order chi connectivity index (χ0) is 40.0. The van der Waals surface area contributed by atoms with Crippen molar-refractivity contribution in [3.63, 3.8) is 0 Å². The van der Waals surface area contributed by atoms with Crippen LogP contribution in [0.4, 0.5) is 0 Å². The van der Waals surface area contributed by atoms with Crippen LogP contribution in [0.3, 0.4) is 0 Å². The van der Waals surface area contributed by atoms with Crippen LogP contribution in [0.25, 0.3) is 21.5 Å². The number of primary amides is 2. The van der Waals surface area contributed by atoms with E-state index in [-0.39, 0.29) is 42.6 Å². The van der Waals surface area contributed by atoms with Crippen LogP contribution in [-0.2, 0) is 9.59 Å². The summed E-state index contributed by atoms with van der Waals surface area (Å²) in [5.74, 6) is 0.0291. The van der Waals surface area contributed by atoms with Gasteiger partial charge in [0.2, 0.25) is 23.6 Å². The summed E-state index contributed by atoms with van der Waals surface area (Å²) in [6, 6.07) is 10.1. The Morgan fingerprint density at radius 2 is 1.36 bits per heavy atom. The summed E-state index contributed by atoms with van der Waals surface area (Å²) in [5.41, 5.74) is 10.5. The van der Waals surface area contributed by atoms with Crippen LogP contribution in [0.1, 0.15) is 81.5 Å². The predicted octanol–water partition coefficient (Wildman–Crippen LogP) is 3.80. The van der Waals surface area contributed by atoms with Gasteiger partial charge >= 0.3 is 0 Å². The van der Waals surface area contributed by atoms with Crippen molar-refractivity contribution in [1.82, 2.24) is 20.6 Å². The van der Waals surface area contributed by atoms with Crippen LogP contribution in [-0.4, -0.2) is 82.3 Å². The molecule has 6 rings (SSSR count). The van der Waals surface area contributed by atoms with Gasteiger partial charge in [0.1, 0.15) is 18.1 Å². The zero-order valence-corrected chi connectivity index (χ0v) is 32.0. The van der Waals surface area contributed by atoms with Crippen molar-refractivity contribution in [3.8, 4) is 23.3 Å². The average molecular weight is 759 g/mol. The molecule has 15 heteroatoms. The highest BCUT2D eigenvalue weighted by Gasteiger charge is 2.41. The molecule has 2 aliphatic heterocycles. The molecule has 0 radical (unpaired) electrons. The Balaban J connectivity index is 0.000000212. The molecule has 2 aliphatic rings. The molecule has 4 amide bonds. The first-order valence-corrected chi connectivity index (χ1v) is 18.3. The van der Waals surface area contributed by atoms with Crippen LogP contribution < -0.4 is 41.0 Å². The fourth-order valence-corrected chi connectivity index (χ4v) is 6.51. The normalized spacial score (nSPS) is 18.4. The van der Waals surface area contributed by atoms with Gasteiger partial charge in [0, 0.05) is 42.0 Å². The third kappa shape index (κ3) is 10.3. The number of rotatable bonds is 13. The molecule has 4 aromatic rings. The second-order valence-electron chi connectivity index (χ2n) is 14.9. The number of fused-ring (bicyclic) bond motifs is 2. The van der Waals surface area contributed by atoms with E-state index >= 15 is 0 Å². The lowest BCUT2D eigenvalue weighted by Crippen LogP contribution is -2.36. The molecule has 2 aromatic carbocycles. The summed E-state index contributed by atoms with van der Waals surface area (Å²) in [6.45, 7) is 12.0. The molecule has 2 fully saturated rings. The summed E-state index contributed by atoms with van der Waals surface area (Å²) in [5, 5.41) is 18.8. The lowest BCUT2D eigenvalue weighted by molar-refractivity contribution is -0.129. The van der Waals surface area contributed by atoms with Crippen LogP contribution >= 0.6 is 0 Å². The Labute approximate surface area is 319 Å². The molecular formula is C40H50N6O9. The highest BCUT2D eigenvalue weighted by Crippen LogP contribution is 2.34. The number of benzene rings is 2. The maximum Gasteiger partial charge on any atom is 0.252 e. The number of carbonyl (C=O) groups is 4. The number of ether oxygens (including phenoxy) is 4. The number of hydrogen-bond donors (Lipinski definition) is 5. The Hall–Kier alpha value is -5.70. The monoisotopic (exact) mass is 758 g/mol. The van der Waals surface area contributed by atoms with Gasteiger partial charge in [0.25, 0.3) is 11.8 Å². The van der Waals surface area contributed by atoms with Crippen molar-refractivity contribution >= 4 is 45.2 Å². The Morgan fingerprint density at radius 3 is 1.80 bits per heavy atom. The molecule has 55 heavy (non-hydrogen) atoms. The molecule has 3 atom stereocenters. The second-order valence-corrected chi connectivity index (χ2v) is 14.9. The summed E-state index contributed by atoms with van der Waals surface area (Å²) < 4.78 is 23.3. The van der Waals surface area contributed by atoms with E-state index in [1.807, 2.05) is 27.7 Å². The molecule has 0 spiro atoms. The number of nitrogens with zero attached hydrogens (tertiary/aromatic N) is 2. The van der Waals surface area contributed by atoms with Crippen molar-refractivity contribution in [1.29, 1.82) is 0 Å². The van der Waals surface area contributed by atoms with Gasteiger partial charge in [-0.15, -0.1) is 0 Å². The highest BCUT2D eigenvalue weighted by atomic mass is 16.5. The van der Waals surface area contributed by atoms with E-state index in [1.54, 1.807) is 62.6 Å². The van der Waals surface area contributed by atoms with Crippen molar-refractivity contribution < 1.29 is 43.2 Å². The van der Waals surface area contributed by atoms with Gasteiger partial charge < -0.3 is 46.2 Å². The summed E-state index contributed by atoms with van der Waals surface area (Å²) in [7, 11) is 0. The first kappa shape index (κ1) is 40.5. The number of nitrogens with two attached hydrogens (primary N) is 2. The molecule has 1 unspecified atom stereocenters. The van der Waals surface area contributed by atoms with E-state index in [9.17, 15) is 24.3 Å². The van der Waals surface area contributed by atoms with E-state index in [2.05, 4.69) is 20.6 Å². The quantitative estimate of drug-likeness (QED) is 0.132. The molecule has 15 nitrogen and oxygen atoms in total. The van der Waals surface area contributed by atoms with Crippen molar-refractivity contribution in [2.24, 2.45) is 23.3 Å². The minimum absolute atomic E-state index is 0.0504. The first-order chi connectivity index (χ1) is 26.0. The fourth-order valence-electron chi connectivity index (χ4n) is 6.51. The van der Waals surface area contributed by atoms with E-state index in [4.69, 9.17) is 30.4 Å². The number of aromatic nitrogens is 2. The number of hydrogen-bond acceptors (Lipinski definition) is 11. The second kappa shape index (κ2) is 17.2. The van der Waals surface area contributed by atoms with E-state index in [0.29, 0.717) is 65.8 Å². The molecular weight excluding hydrogens is 708 g/mol. The fraction of sp³-hybridized carbons (Fsp3) is 0.450. The summed E-state index contributed by atoms with van der Waals surface area (Å²) in [6.07, 6.45) is 4.77. The zero-order valence-electron chi connectivity index (χ0n) is 32.0. The molecule has 2 aromatic heterocycles. The van der Waals surface area contributed by atoms with Gasteiger partial charge in [-0.2, -0.15) is 0 Å². The van der Waals surface area contributed by atoms with Crippen LogP contribution in [0.2, 0.25) is 0 Å². The topological polar surface area (TPSA) is 227 Å². The lowest BCUT2D eigenvalue weighted by atomic mass is 9.88. The molecule has 7 N–H and O–H groups in total. The van der Waals surface area contributed by atoms with Crippen LogP contribution in [0.15, 0.2) is 48.8 Å². The maximum absolute atomic E-state index is 12.1. The van der Waals surface area contributed by atoms with Gasteiger partial charge in [-0.1, -0.05) is 0 Å². The molecule has 0 bridgehead atoms. The van der Waals surface area contributed by atoms with Crippen molar-refractivity contribution in [2.45, 2.75) is 84.7 Å². The van der Waals surface area contributed by atoms with Gasteiger partial charge in [0.15, 0.2) is 0 Å². The highest BCUT2D eigenvalue weighted by molar-refractivity contribution is 6.02. The van der Waals surface area contributed by atoms with Crippen LogP contribution in [0, 0.1) is 11.8 Å². The van der Waals surface area contributed by atoms with Gasteiger partial charge in [0.05, 0.1) is 47.5 Å². The number of amides is 4. The maximum atomic E-state index is 12.1. The van der Waals surface area contributed by atoms with Crippen molar-refractivity contribution in [2.75, 3.05) is 19.8 Å². The van der Waals surface area contributed by atoms with E-state index < -0.39 is 23.3 Å². The SMILES string of the molecule is CC(C)Oc1cc2c(OCC3CCNC(=O)C3)nccc2cc1C(N)=O.CC(C)Oc1cc2c(OC[C@@H]3C[C@H](C(C)(C)O)C(=O)N3)nccc2cc1C(N)=O. The summed E-state index contributed by atoms with van der Waals surface area (Å²) >= 11 is 0. The molecule has 294 valence electrons. The Kier molecular flexibility index (Phi) is 12.6. The molecule has 2 saturated heterocycles. The van der Waals surface area contributed by atoms with Gasteiger partial charge in [-0.25, -0.2) is 9.97 Å². The third-order valence-electron chi connectivity index (χ3n) is 9.17. The average Bonchev–Trinajstić information content (AvgIpc) is 3.50. The molecule has 0 aliphatic carbocycles. The standard InChI is InChI=1S/C21H27N3O5.C19H23N3O4/c1-11(2)29-17-9-14-12(7-15(17)18(22)25)5-6-23-20(14)28-10-13-8-16(19(26)24-13)21(3,4)27;1-11(2)26-16-9-14-13(8-15(16)18(20)24)4-6-22-19(14)25-10-12-3-5-21-17(23)7-12/h5-7,9,11,13,16,27H,8,10H2,1-4H3,(H2,22,25)(H,24,26);4,6,8-9,11-12H,3,5,7,10H2,1-2H3,(H2,20,24)(H,21,23)/t13-,16-;/m0./s1. The largest absolute Gasteiger partial charge is 0.490 e. The van der Waals surface area contributed by atoms with Crippen molar-refractivity contribution in [3.05, 3.63) is 59.9 Å². The van der Waals surface area contributed by atoms with E-state index in [1.165, 1.54) is 0 Å². The summed E-state index contributed by atoms with van der Waals surface area (Å²) in [4.78, 5) is 55.8. The minimum atomic E-state index is -1.09. The lowest BCUT2D eigenvalue weighted by Gasteiger charge is -2.22. The molecule has 0 saturated carbocycles.